The molecule has 0 saturated carbocycles. The van der Waals surface area contributed by atoms with Crippen molar-refractivity contribution in [2.75, 3.05) is 25.7 Å². The molecule has 2 N–H and O–H groups in total. The number of halogens is 2. The van der Waals surface area contributed by atoms with Crippen molar-refractivity contribution in [3.63, 3.8) is 0 Å². The van der Waals surface area contributed by atoms with Crippen molar-refractivity contribution in [1.29, 1.82) is 0 Å². The third-order valence-corrected chi connectivity index (χ3v) is 5.48. The summed E-state index contributed by atoms with van der Waals surface area (Å²) >= 11 is 1.54. The van der Waals surface area contributed by atoms with Crippen molar-refractivity contribution < 1.29 is 23.1 Å². The van der Waals surface area contributed by atoms with Gasteiger partial charge in [0.25, 0.3) is 0 Å². The molecule has 1 aliphatic rings. The number of hydrogen-bond donors (Lipinski definition) is 2. The Hall–Kier alpha value is -2.62. The van der Waals surface area contributed by atoms with Crippen LogP contribution in [0.25, 0.3) is 0 Å². The fraction of sp³-hybridized carbons (Fsp3) is 0.421. The zero-order chi connectivity index (χ0) is 21.0. The van der Waals surface area contributed by atoms with Gasteiger partial charge in [-0.05, 0) is 36.6 Å². The number of amides is 2. The number of aromatic amines is 1. The van der Waals surface area contributed by atoms with Gasteiger partial charge in [0.05, 0.1) is 19.1 Å². The minimum absolute atomic E-state index is 0.00642. The van der Waals surface area contributed by atoms with Gasteiger partial charge in [-0.1, -0.05) is 0 Å². The summed E-state index contributed by atoms with van der Waals surface area (Å²) in [7, 11) is 1.25. The Kier molecular flexibility index (Phi) is 6.73. The number of urea groups is 1. The second kappa shape index (κ2) is 9.25. The zero-order valence-electron chi connectivity index (χ0n) is 16.1. The molecule has 2 atom stereocenters. The van der Waals surface area contributed by atoms with Crippen molar-refractivity contribution in [2.24, 2.45) is 0 Å². The molecule has 156 valence electrons. The summed E-state index contributed by atoms with van der Waals surface area (Å²) in [6.07, 6.45) is 4.22. The Morgan fingerprint density at radius 3 is 2.97 bits per heavy atom. The number of benzene rings is 1. The molecular formula is C19H22F2N4O3S. The van der Waals surface area contributed by atoms with E-state index in [1.165, 1.54) is 30.1 Å². The average molecular weight is 424 g/mol. The molecule has 0 bridgehead atoms. The molecule has 0 spiro atoms. The molecule has 0 aliphatic carbocycles. The highest BCUT2D eigenvalue weighted by molar-refractivity contribution is 7.98. The number of fused-ring (bicyclic) bond motifs is 1. The van der Waals surface area contributed by atoms with Crippen molar-refractivity contribution in [3.05, 3.63) is 53.1 Å². The van der Waals surface area contributed by atoms with Gasteiger partial charge in [0, 0.05) is 24.2 Å². The molecule has 10 heteroatoms. The first-order chi connectivity index (χ1) is 14.0. The number of aromatic nitrogens is 2. The van der Waals surface area contributed by atoms with Crippen molar-refractivity contribution in [1.82, 2.24) is 20.2 Å². The molecule has 1 aromatic heterocycles. The highest BCUT2D eigenvalue weighted by atomic mass is 32.2. The number of hydrogen-bond acceptors (Lipinski definition) is 5. The van der Waals surface area contributed by atoms with Crippen molar-refractivity contribution >= 4 is 23.8 Å². The van der Waals surface area contributed by atoms with Gasteiger partial charge < -0.3 is 19.9 Å². The summed E-state index contributed by atoms with van der Waals surface area (Å²) in [6.45, 7) is 0.248. The number of nitrogens with one attached hydrogen (secondary N) is 2. The minimum Gasteiger partial charge on any atom is -0.467 e. The Morgan fingerprint density at radius 1 is 1.45 bits per heavy atom. The van der Waals surface area contributed by atoms with Crippen LogP contribution >= 0.6 is 11.8 Å². The van der Waals surface area contributed by atoms with Crippen LogP contribution in [0.5, 0.6) is 0 Å². The highest BCUT2D eigenvalue weighted by Crippen LogP contribution is 2.35. The lowest BCUT2D eigenvalue weighted by Gasteiger charge is -2.36. The second-order valence-electron chi connectivity index (χ2n) is 6.58. The standard InChI is InChI=1S/C19H22F2N4O3S/c1-28-18(26)15(6-8-29-2)24-19(27)25-7-5-14-16(23-10-22-14)17(25)12-9-11(20)3-4-13(12)21/h3-4,9-10,15,17H,5-8H2,1-2H3,(H,22,23)(H,24,27). The molecule has 2 unspecified atom stereocenters. The van der Waals surface area contributed by atoms with Gasteiger partial charge in [-0.3, -0.25) is 0 Å². The Labute approximate surface area is 171 Å². The van der Waals surface area contributed by atoms with Crippen molar-refractivity contribution in [2.45, 2.75) is 24.9 Å². The molecule has 0 saturated heterocycles. The first-order valence-electron chi connectivity index (χ1n) is 9.07. The van der Waals surface area contributed by atoms with Crippen LogP contribution in [-0.4, -0.2) is 58.6 Å². The van der Waals surface area contributed by atoms with Gasteiger partial charge in [0.1, 0.15) is 23.7 Å². The number of esters is 1. The number of carbonyl (C=O) groups excluding carboxylic acids is 2. The number of methoxy groups -OCH3 is 1. The largest absolute Gasteiger partial charge is 0.467 e. The van der Waals surface area contributed by atoms with E-state index >= 15 is 0 Å². The Bertz CT molecular complexity index is 892. The van der Waals surface area contributed by atoms with Gasteiger partial charge in [-0.25, -0.2) is 23.4 Å². The van der Waals surface area contributed by atoms with E-state index in [9.17, 15) is 18.4 Å². The van der Waals surface area contributed by atoms with E-state index in [0.29, 0.717) is 24.3 Å². The topological polar surface area (TPSA) is 87.3 Å². The van der Waals surface area contributed by atoms with Crippen LogP contribution in [0.2, 0.25) is 0 Å². The lowest BCUT2D eigenvalue weighted by atomic mass is 9.95. The quantitative estimate of drug-likeness (QED) is 0.697. The fourth-order valence-electron chi connectivity index (χ4n) is 3.39. The number of ether oxygens (including phenoxy) is 1. The van der Waals surface area contributed by atoms with E-state index in [1.807, 2.05) is 6.26 Å². The molecular weight excluding hydrogens is 402 g/mol. The molecule has 2 amide bonds. The number of rotatable bonds is 6. The predicted octanol–water partition coefficient (Wildman–Crippen LogP) is 2.64. The normalized spacial score (nSPS) is 16.8. The van der Waals surface area contributed by atoms with Crippen LogP contribution in [-0.2, 0) is 16.0 Å². The molecule has 0 radical (unpaired) electrons. The summed E-state index contributed by atoms with van der Waals surface area (Å²) in [5.74, 6) is -1.17. The number of thioether (sulfide) groups is 1. The summed E-state index contributed by atoms with van der Waals surface area (Å²) in [6, 6.07) is 0.794. The van der Waals surface area contributed by atoms with Crippen LogP contribution < -0.4 is 5.32 Å². The SMILES string of the molecule is COC(=O)C(CCSC)NC(=O)N1CCc2[nH]cnc2C1c1cc(F)ccc1F. The molecule has 2 heterocycles. The van der Waals surface area contributed by atoms with Crippen LogP contribution in [0.3, 0.4) is 0 Å². The first kappa shape index (κ1) is 21.1. The van der Waals surface area contributed by atoms with Crippen LogP contribution in [0.15, 0.2) is 24.5 Å². The van der Waals surface area contributed by atoms with E-state index in [2.05, 4.69) is 15.3 Å². The van der Waals surface area contributed by atoms with Gasteiger partial charge in [0.2, 0.25) is 0 Å². The summed E-state index contributed by atoms with van der Waals surface area (Å²) in [4.78, 5) is 33.7. The molecule has 0 fully saturated rings. The van der Waals surface area contributed by atoms with Gasteiger partial charge in [-0.2, -0.15) is 11.8 Å². The second-order valence-corrected chi connectivity index (χ2v) is 7.57. The third kappa shape index (κ3) is 4.52. The molecule has 1 aromatic carbocycles. The van der Waals surface area contributed by atoms with E-state index in [4.69, 9.17) is 4.74 Å². The van der Waals surface area contributed by atoms with E-state index in [-0.39, 0.29) is 12.1 Å². The molecule has 1 aliphatic heterocycles. The summed E-state index contributed by atoms with van der Waals surface area (Å²) in [5, 5.41) is 2.67. The zero-order valence-corrected chi connectivity index (χ0v) is 16.9. The summed E-state index contributed by atoms with van der Waals surface area (Å²) in [5.41, 5.74) is 1.22. The van der Waals surface area contributed by atoms with Crippen LogP contribution in [0.1, 0.15) is 29.4 Å². The van der Waals surface area contributed by atoms with E-state index < -0.39 is 35.7 Å². The number of nitrogens with zero attached hydrogens (tertiary/aromatic N) is 2. The number of H-pyrrole nitrogens is 1. The van der Waals surface area contributed by atoms with Gasteiger partial charge in [0.15, 0.2) is 0 Å². The Balaban J connectivity index is 1.93. The Morgan fingerprint density at radius 2 is 2.24 bits per heavy atom. The van der Waals surface area contributed by atoms with E-state index in [0.717, 1.165) is 23.9 Å². The smallest absolute Gasteiger partial charge is 0.328 e. The number of carbonyl (C=O) groups is 2. The third-order valence-electron chi connectivity index (χ3n) is 4.83. The highest BCUT2D eigenvalue weighted by Gasteiger charge is 2.37. The lowest BCUT2D eigenvalue weighted by molar-refractivity contribution is -0.142. The van der Waals surface area contributed by atoms with Gasteiger partial charge in [-0.15, -0.1) is 0 Å². The molecule has 7 nitrogen and oxygen atoms in total. The maximum Gasteiger partial charge on any atom is 0.328 e. The molecule has 3 rings (SSSR count). The van der Waals surface area contributed by atoms with Crippen LogP contribution in [0.4, 0.5) is 13.6 Å². The fourth-order valence-corrected chi connectivity index (χ4v) is 3.86. The van der Waals surface area contributed by atoms with Crippen molar-refractivity contribution in [3.8, 4) is 0 Å². The maximum atomic E-state index is 14.6. The minimum atomic E-state index is -0.917. The number of imidazole rings is 1. The van der Waals surface area contributed by atoms with E-state index in [1.54, 1.807) is 0 Å². The summed E-state index contributed by atoms with van der Waals surface area (Å²) < 4.78 is 33.2. The van der Waals surface area contributed by atoms with Gasteiger partial charge >= 0.3 is 12.0 Å². The molecule has 29 heavy (non-hydrogen) atoms. The predicted molar refractivity (Wildman–Crippen MR) is 105 cm³/mol. The average Bonchev–Trinajstić information content (AvgIpc) is 3.20. The maximum absolute atomic E-state index is 14.6. The first-order valence-corrected chi connectivity index (χ1v) is 10.5. The lowest BCUT2D eigenvalue weighted by Crippen LogP contribution is -2.51. The molecule has 2 aromatic rings. The monoisotopic (exact) mass is 424 g/mol. The van der Waals surface area contributed by atoms with Crippen LogP contribution in [0, 0.1) is 11.6 Å².